The second-order valence-corrected chi connectivity index (χ2v) is 7.86. The molecule has 1 saturated carbocycles. The molecule has 3 unspecified atom stereocenters. The van der Waals surface area contributed by atoms with Gasteiger partial charge in [0.1, 0.15) is 0 Å². The number of rotatable bonds is 5. The van der Waals surface area contributed by atoms with Crippen LogP contribution in [0.5, 0.6) is 0 Å². The van der Waals surface area contributed by atoms with Gasteiger partial charge in [0.15, 0.2) is 0 Å². The van der Waals surface area contributed by atoms with Crippen LogP contribution in [0.3, 0.4) is 0 Å². The first kappa shape index (κ1) is 16.7. The Morgan fingerprint density at radius 3 is 2.67 bits per heavy atom. The van der Waals surface area contributed by atoms with Gasteiger partial charge in [0.25, 0.3) is 0 Å². The van der Waals surface area contributed by atoms with Crippen molar-refractivity contribution in [2.45, 2.75) is 69.4 Å². The second-order valence-electron chi connectivity index (χ2n) is 6.21. The lowest BCUT2D eigenvalue weighted by Crippen LogP contribution is -2.43. The highest BCUT2D eigenvalue weighted by Gasteiger charge is 2.27. The first-order valence-corrected chi connectivity index (χ1v) is 9.75. The number of hydrogen-bond donors (Lipinski definition) is 1. The lowest BCUT2D eigenvalue weighted by atomic mass is 9.96. The Bertz CT molecular complexity index is 460. The molecule has 1 fully saturated rings. The molecule has 1 aromatic rings. The predicted octanol–water partition coefficient (Wildman–Crippen LogP) is 3.94. The van der Waals surface area contributed by atoms with Crippen LogP contribution in [0.25, 0.3) is 0 Å². The van der Waals surface area contributed by atoms with Crippen LogP contribution in [0.15, 0.2) is 24.3 Å². The van der Waals surface area contributed by atoms with Gasteiger partial charge in [-0.1, -0.05) is 62.4 Å². The van der Waals surface area contributed by atoms with Crippen molar-refractivity contribution >= 4 is 10.8 Å². The van der Waals surface area contributed by atoms with Gasteiger partial charge in [-0.2, -0.15) is 0 Å². The number of hydrogen-bond acceptors (Lipinski definition) is 2. The van der Waals surface area contributed by atoms with E-state index in [4.69, 9.17) is 0 Å². The maximum absolute atomic E-state index is 12.9. The van der Waals surface area contributed by atoms with Gasteiger partial charge < -0.3 is 5.32 Å². The highest BCUT2D eigenvalue weighted by molar-refractivity contribution is 7.84. The van der Waals surface area contributed by atoms with E-state index in [0.717, 1.165) is 13.0 Å². The third-order valence-corrected chi connectivity index (χ3v) is 6.26. The Labute approximate surface area is 132 Å². The van der Waals surface area contributed by atoms with Crippen molar-refractivity contribution in [3.05, 3.63) is 35.4 Å². The maximum Gasteiger partial charge on any atom is 0.0504 e. The van der Waals surface area contributed by atoms with E-state index in [1.807, 2.05) is 0 Å². The molecule has 0 radical (unpaired) electrons. The summed E-state index contributed by atoms with van der Waals surface area (Å²) in [4.78, 5) is 0. The van der Waals surface area contributed by atoms with E-state index in [2.05, 4.69) is 43.4 Å². The minimum atomic E-state index is -0.779. The summed E-state index contributed by atoms with van der Waals surface area (Å²) < 4.78 is 12.9. The molecule has 1 aliphatic rings. The van der Waals surface area contributed by atoms with Crippen molar-refractivity contribution in [1.82, 2.24) is 5.32 Å². The van der Waals surface area contributed by atoms with Crippen LogP contribution in [-0.4, -0.2) is 22.0 Å². The van der Waals surface area contributed by atoms with E-state index >= 15 is 0 Å². The van der Waals surface area contributed by atoms with Crippen LogP contribution in [0.1, 0.15) is 56.6 Å². The van der Waals surface area contributed by atoms with Gasteiger partial charge in [0, 0.05) is 22.6 Å². The van der Waals surface area contributed by atoms with Crippen molar-refractivity contribution < 1.29 is 4.21 Å². The summed E-state index contributed by atoms with van der Waals surface area (Å²) in [7, 11) is -0.779. The van der Waals surface area contributed by atoms with Gasteiger partial charge in [-0.3, -0.25) is 4.21 Å². The first-order valence-electron chi connectivity index (χ1n) is 8.37. The van der Waals surface area contributed by atoms with Crippen LogP contribution in [0.2, 0.25) is 0 Å². The highest BCUT2D eigenvalue weighted by Crippen LogP contribution is 2.23. The van der Waals surface area contributed by atoms with E-state index in [1.54, 1.807) is 0 Å². The molecule has 1 aliphatic carbocycles. The molecular weight excluding hydrogens is 278 g/mol. The van der Waals surface area contributed by atoms with E-state index in [1.165, 1.54) is 43.2 Å². The molecule has 0 heterocycles. The van der Waals surface area contributed by atoms with E-state index in [9.17, 15) is 4.21 Å². The standard InChI is InChI=1S/C18H29NOS/c1-3-19-17-11-6-4-5-7-12-18(17)21(20)14-16-10-8-9-15(2)13-16/h8-10,13,17-19H,3-7,11-12,14H2,1-2H3. The third-order valence-electron chi connectivity index (χ3n) is 4.40. The molecule has 0 spiro atoms. The molecule has 0 aliphatic heterocycles. The average molecular weight is 308 g/mol. The minimum absolute atomic E-state index is 0.311. The lowest BCUT2D eigenvalue weighted by Gasteiger charge is -2.29. The fourth-order valence-corrected chi connectivity index (χ4v) is 5.08. The molecule has 1 aromatic carbocycles. The zero-order chi connectivity index (χ0) is 15.1. The molecule has 0 amide bonds. The molecular formula is C18H29NOS. The molecule has 2 rings (SSSR count). The summed E-state index contributed by atoms with van der Waals surface area (Å²) in [6.45, 7) is 5.23. The molecule has 2 nitrogen and oxygen atoms in total. The minimum Gasteiger partial charge on any atom is -0.313 e. The fraction of sp³-hybridized carbons (Fsp3) is 0.667. The maximum atomic E-state index is 12.9. The molecule has 3 atom stereocenters. The monoisotopic (exact) mass is 307 g/mol. The fourth-order valence-electron chi connectivity index (χ4n) is 3.33. The van der Waals surface area contributed by atoms with Gasteiger partial charge >= 0.3 is 0 Å². The Kier molecular flexibility index (Phi) is 6.91. The first-order chi connectivity index (χ1) is 10.2. The van der Waals surface area contributed by atoms with Crippen LogP contribution >= 0.6 is 0 Å². The van der Waals surface area contributed by atoms with Gasteiger partial charge in [0.05, 0.1) is 5.25 Å². The Morgan fingerprint density at radius 1 is 1.19 bits per heavy atom. The van der Waals surface area contributed by atoms with E-state index < -0.39 is 10.8 Å². The van der Waals surface area contributed by atoms with Crippen molar-refractivity contribution in [2.24, 2.45) is 0 Å². The van der Waals surface area contributed by atoms with Gasteiger partial charge in [-0.05, 0) is 31.9 Å². The topological polar surface area (TPSA) is 29.1 Å². The average Bonchev–Trinajstić information content (AvgIpc) is 2.42. The SMILES string of the molecule is CCNC1CCCCCCC1S(=O)Cc1cccc(C)c1. The molecule has 21 heavy (non-hydrogen) atoms. The molecule has 0 bridgehead atoms. The summed E-state index contributed by atoms with van der Waals surface area (Å²) >= 11 is 0. The van der Waals surface area contributed by atoms with E-state index in [0.29, 0.717) is 17.0 Å². The summed E-state index contributed by atoms with van der Waals surface area (Å²) in [5, 5.41) is 3.90. The zero-order valence-electron chi connectivity index (χ0n) is 13.4. The third kappa shape index (κ3) is 5.23. The Hall–Kier alpha value is -0.670. The van der Waals surface area contributed by atoms with Gasteiger partial charge in [0.2, 0.25) is 0 Å². The van der Waals surface area contributed by atoms with Crippen LogP contribution in [0, 0.1) is 6.92 Å². The van der Waals surface area contributed by atoms with Crippen molar-refractivity contribution in [1.29, 1.82) is 0 Å². The second kappa shape index (κ2) is 8.70. The van der Waals surface area contributed by atoms with Crippen molar-refractivity contribution in [2.75, 3.05) is 6.54 Å². The smallest absolute Gasteiger partial charge is 0.0504 e. The molecule has 0 saturated heterocycles. The Morgan fingerprint density at radius 2 is 1.95 bits per heavy atom. The number of nitrogens with one attached hydrogen (secondary N) is 1. The van der Waals surface area contributed by atoms with Gasteiger partial charge in [-0.25, -0.2) is 0 Å². The van der Waals surface area contributed by atoms with Crippen LogP contribution in [-0.2, 0) is 16.6 Å². The molecule has 0 aromatic heterocycles. The molecule has 1 N–H and O–H groups in total. The summed E-state index contributed by atoms with van der Waals surface area (Å²) in [6.07, 6.45) is 7.42. The van der Waals surface area contributed by atoms with E-state index in [-0.39, 0.29) is 0 Å². The summed E-state index contributed by atoms with van der Waals surface area (Å²) in [5.41, 5.74) is 2.47. The zero-order valence-corrected chi connectivity index (χ0v) is 14.3. The normalized spacial score (nSPS) is 25.0. The van der Waals surface area contributed by atoms with Crippen LogP contribution in [0.4, 0.5) is 0 Å². The van der Waals surface area contributed by atoms with Crippen molar-refractivity contribution in [3.8, 4) is 0 Å². The van der Waals surface area contributed by atoms with Crippen molar-refractivity contribution in [3.63, 3.8) is 0 Å². The Balaban J connectivity index is 2.05. The molecule has 3 heteroatoms. The number of benzene rings is 1. The van der Waals surface area contributed by atoms with Gasteiger partial charge in [-0.15, -0.1) is 0 Å². The summed E-state index contributed by atoms with van der Waals surface area (Å²) in [5.74, 6) is 0.703. The highest BCUT2D eigenvalue weighted by atomic mass is 32.2. The molecule has 118 valence electrons. The van der Waals surface area contributed by atoms with Crippen LogP contribution < -0.4 is 5.32 Å². The lowest BCUT2D eigenvalue weighted by molar-refractivity contribution is 0.400. The summed E-state index contributed by atoms with van der Waals surface area (Å²) in [6, 6.07) is 8.88. The quantitative estimate of drug-likeness (QED) is 0.892. The number of aryl methyl sites for hydroxylation is 1. The largest absolute Gasteiger partial charge is 0.313 e. The predicted molar refractivity (Wildman–Crippen MR) is 92.0 cm³/mol.